The molecule has 0 fully saturated rings. The molecule has 2 N–H and O–H groups in total. The van der Waals surface area contributed by atoms with Gasteiger partial charge in [-0.1, -0.05) is 6.07 Å². The summed E-state index contributed by atoms with van der Waals surface area (Å²) in [5.74, 6) is 1.59. The molecule has 3 aromatic rings. The molecule has 114 valence electrons. The second-order valence-electron chi connectivity index (χ2n) is 5.25. The third-order valence-corrected chi connectivity index (χ3v) is 3.80. The zero-order chi connectivity index (χ0) is 15.7. The SMILES string of the molecule is Cc1cccc(-n2c(C)c(C)c3c(NCCO)ncnc32)n1. The summed E-state index contributed by atoms with van der Waals surface area (Å²) in [6.07, 6.45) is 1.53. The fourth-order valence-corrected chi connectivity index (χ4v) is 2.64. The molecule has 0 aliphatic heterocycles. The lowest BCUT2D eigenvalue weighted by Crippen LogP contribution is -2.08. The van der Waals surface area contributed by atoms with Crippen molar-refractivity contribution in [1.82, 2.24) is 19.5 Å². The number of aromatic nitrogens is 4. The molecule has 0 saturated heterocycles. The number of aliphatic hydroxyl groups is 1. The van der Waals surface area contributed by atoms with E-state index in [9.17, 15) is 0 Å². The average molecular weight is 297 g/mol. The number of nitrogens with zero attached hydrogens (tertiary/aromatic N) is 4. The van der Waals surface area contributed by atoms with Crippen molar-refractivity contribution in [2.45, 2.75) is 20.8 Å². The van der Waals surface area contributed by atoms with E-state index in [2.05, 4.69) is 34.1 Å². The Labute approximate surface area is 128 Å². The zero-order valence-corrected chi connectivity index (χ0v) is 13.0. The Bertz CT molecular complexity index is 825. The van der Waals surface area contributed by atoms with E-state index < -0.39 is 0 Å². The van der Waals surface area contributed by atoms with E-state index in [0.29, 0.717) is 6.54 Å². The van der Waals surface area contributed by atoms with E-state index in [1.807, 2.05) is 29.7 Å². The van der Waals surface area contributed by atoms with Gasteiger partial charge in [0, 0.05) is 17.9 Å². The Kier molecular flexibility index (Phi) is 3.77. The van der Waals surface area contributed by atoms with Crippen LogP contribution >= 0.6 is 0 Å². The maximum Gasteiger partial charge on any atom is 0.151 e. The van der Waals surface area contributed by atoms with Crippen LogP contribution in [0.25, 0.3) is 16.9 Å². The highest BCUT2D eigenvalue weighted by Gasteiger charge is 2.17. The summed E-state index contributed by atoms with van der Waals surface area (Å²) >= 11 is 0. The quantitative estimate of drug-likeness (QED) is 0.771. The zero-order valence-electron chi connectivity index (χ0n) is 13.0. The Morgan fingerprint density at radius 2 is 2.00 bits per heavy atom. The van der Waals surface area contributed by atoms with Gasteiger partial charge in [0.1, 0.15) is 18.0 Å². The molecule has 3 aromatic heterocycles. The molecule has 0 spiro atoms. The fraction of sp³-hybridized carbons (Fsp3) is 0.312. The number of fused-ring (bicyclic) bond motifs is 1. The number of pyridine rings is 1. The number of hydrogen-bond acceptors (Lipinski definition) is 5. The van der Waals surface area contributed by atoms with E-state index in [1.165, 1.54) is 6.33 Å². The predicted octanol–water partition coefficient (Wildman–Crippen LogP) is 2.14. The minimum atomic E-state index is 0.0592. The van der Waals surface area contributed by atoms with Gasteiger partial charge in [0.05, 0.1) is 12.0 Å². The first kappa shape index (κ1) is 14.5. The van der Waals surface area contributed by atoms with Gasteiger partial charge in [-0.2, -0.15) is 0 Å². The van der Waals surface area contributed by atoms with E-state index in [0.717, 1.165) is 39.6 Å². The van der Waals surface area contributed by atoms with E-state index in [4.69, 9.17) is 5.11 Å². The van der Waals surface area contributed by atoms with Crippen molar-refractivity contribution in [2.24, 2.45) is 0 Å². The summed E-state index contributed by atoms with van der Waals surface area (Å²) in [6, 6.07) is 5.94. The van der Waals surface area contributed by atoms with Gasteiger partial charge >= 0.3 is 0 Å². The van der Waals surface area contributed by atoms with Crippen LogP contribution in [0.1, 0.15) is 17.0 Å². The molecule has 0 radical (unpaired) electrons. The minimum Gasteiger partial charge on any atom is -0.395 e. The average Bonchev–Trinajstić information content (AvgIpc) is 2.77. The monoisotopic (exact) mass is 297 g/mol. The van der Waals surface area contributed by atoms with E-state index in [1.54, 1.807) is 0 Å². The van der Waals surface area contributed by atoms with Gasteiger partial charge in [-0.05, 0) is 38.5 Å². The molecule has 0 bridgehead atoms. The van der Waals surface area contributed by atoms with Gasteiger partial charge in [0.2, 0.25) is 0 Å². The molecule has 0 unspecified atom stereocenters. The predicted molar refractivity (Wildman–Crippen MR) is 86.4 cm³/mol. The van der Waals surface area contributed by atoms with Crippen LogP contribution in [0.3, 0.4) is 0 Å². The third kappa shape index (κ3) is 2.31. The van der Waals surface area contributed by atoms with Crippen molar-refractivity contribution in [3.63, 3.8) is 0 Å². The van der Waals surface area contributed by atoms with Crippen LogP contribution in [0, 0.1) is 20.8 Å². The van der Waals surface area contributed by atoms with Crippen molar-refractivity contribution in [1.29, 1.82) is 0 Å². The third-order valence-electron chi connectivity index (χ3n) is 3.80. The van der Waals surface area contributed by atoms with Crippen LogP contribution in [-0.4, -0.2) is 37.8 Å². The van der Waals surface area contributed by atoms with Crippen LogP contribution < -0.4 is 5.32 Å². The number of hydrogen-bond donors (Lipinski definition) is 2. The summed E-state index contributed by atoms with van der Waals surface area (Å²) in [5.41, 5.74) is 3.98. The van der Waals surface area contributed by atoms with Gasteiger partial charge in [-0.3, -0.25) is 4.57 Å². The molecule has 0 saturated carbocycles. The highest BCUT2D eigenvalue weighted by molar-refractivity contribution is 5.92. The molecule has 0 aliphatic rings. The standard InChI is InChI=1S/C16H19N5O/c1-10-5-4-6-13(20-10)21-12(3)11(2)14-15(17-7-8-22)18-9-19-16(14)21/h4-6,9,22H,7-8H2,1-3H3,(H,17,18,19). The normalized spacial score (nSPS) is 11.1. The molecular weight excluding hydrogens is 278 g/mol. The van der Waals surface area contributed by atoms with E-state index in [-0.39, 0.29) is 6.61 Å². The minimum absolute atomic E-state index is 0.0592. The first-order valence-corrected chi connectivity index (χ1v) is 7.25. The van der Waals surface area contributed by atoms with Crippen molar-refractivity contribution >= 4 is 16.9 Å². The number of aliphatic hydroxyl groups excluding tert-OH is 1. The van der Waals surface area contributed by atoms with Crippen LogP contribution in [0.15, 0.2) is 24.5 Å². The Hall–Kier alpha value is -2.47. The summed E-state index contributed by atoms with van der Waals surface area (Å²) < 4.78 is 2.05. The Morgan fingerprint density at radius 1 is 1.18 bits per heavy atom. The molecule has 3 heterocycles. The van der Waals surface area contributed by atoms with Crippen LogP contribution in [0.5, 0.6) is 0 Å². The maximum absolute atomic E-state index is 9.02. The first-order chi connectivity index (χ1) is 10.6. The van der Waals surface area contributed by atoms with Crippen LogP contribution in [-0.2, 0) is 0 Å². The van der Waals surface area contributed by atoms with Crippen molar-refractivity contribution in [3.8, 4) is 5.82 Å². The van der Waals surface area contributed by atoms with Gasteiger partial charge in [0.25, 0.3) is 0 Å². The van der Waals surface area contributed by atoms with E-state index >= 15 is 0 Å². The highest BCUT2D eigenvalue weighted by Crippen LogP contribution is 2.30. The number of rotatable bonds is 4. The number of anilines is 1. The lowest BCUT2D eigenvalue weighted by molar-refractivity contribution is 0.311. The largest absolute Gasteiger partial charge is 0.395 e. The van der Waals surface area contributed by atoms with Crippen molar-refractivity contribution in [3.05, 3.63) is 41.5 Å². The summed E-state index contributed by atoms with van der Waals surface area (Å²) in [5, 5.41) is 13.1. The first-order valence-electron chi connectivity index (χ1n) is 7.25. The van der Waals surface area contributed by atoms with Gasteiger partial charge < -0.3 is 10.4 Å². The fourth-order valence-electron chi connectivity index (χ4n) is 2.64. The highest BCUT2D eigenvalue weighted by atomic mass is 16.3. The molecule has 3 rings (SSSR count). The molecule has 6 nitrogen and oxygen atoms in total. The maximum atomic E-state index is 9.02. The molecule has 0 atom stereocenters. The summed E-state index contributed by atoms with van der Waals surface area (Å²) in [6.45, 7) is 6.59. The molecule has 0 amide bonds. The molecule has 22 heavy (non-hydrogen) atoms. The number of nitrogens with one attached hydrogen (secondary N) is 1. The topological polar surface area (TPSA) is 75.9 Å². The second kappa shape index (κ2) is 5.73. The van der Waals surface area contributed by atoms with Crippen LogP contribution in [0.2, 0.25) is 0 Å². The van der Waals surface area contributed by atoms with Crippen molar-refractivity contribution < 1.29 is 5.11 Å². The summed E-state index contributed by atoms with van der Waals surface area (Å²) in [7, 11) is 0. The van der Waals surface area contributed by atoms with Crippen molar-refractivity contribution in [2.75, 3.05) is 18.5 Å². The summed E-state index contributed by atoms with van der Waals surface area (Å²) in [4.78, 5) is 13.4. The molecule has 0 aromatic carbocycles. The Balaban J connectivity index is 2.26. The van der Waals surface area contributed by atoms with Gasteiger partial charge in [-0.15, -0.1) is 0 Å². The Morgan fingerprint density at radius 3 is 2.73 bits per heavy atom. The van der Waals surface area contributed by atoms with Gasteiger partial charge in [-0.25, -0.2) is 15.0 Å². The van der Waals surface area contributed by atoms with Gasteiger partial charge in [0.15, 0.2) is 5.65 Å². The molecular formula is C16H19N5O. The lowest BCUT2D eigenvalue weighted by atomic mass is 10.2. The molecule has 0 aliphatic carbocycles. The lowest BCUT2D eigenvalue weighted by Gasteiger charge is -2.08. The molecule has 6 heteroatoms. The second-order valence-corrected chi connectivity index (χ2v) is 5.25. The van der Waals surface area contributed by atoms with Crippen LogP contribution in [0.4, 0.5) is 5.82 Å². The smallest absolute Gasteiger partial charge is 0.151 e. The number of aryl methyl sites for hydroxylation is 2.